The number of alkyl halides is 3. The van der Waals surface area contributed by atoms with Crippen LogP contribution >= 0.6 is 0 Å². The summed E-state index contributed by atoms with van der Waals surface area (Å²) in [5.74, 6) is -1.63. The Morgan fingerprint density at radius 1 is 1.44 bits per heavy atom. The molecule has 1 aromatic heterocycles. The molecule has 10 heteroatoms. The number of carboxylic acids is 1. The van der Waals surface area contributed by atoms with Gasteiger partial charge in [-0.2, -0.15) is 13.2 Å². The Kier molecular flexibility index (Phi) is 4.50. The summed E-state index contributed by atoms with van der Waals surface area (Å²) in [5.41, 5.74) is -1.04. The van der Waals surface area contributed by atoms with Crippen LogP contribution in [0.15, 0.2) is 11.0 Å². The third kappa shape index (κ3) is 3.23. The molecule has 0 bridgehead atoms. The molecule has 25 heavy (non-hydrogen) atoms. The van der Waals surface area contributed by atoms with Gasteiger partial charge in [0.15, 0.2) is 5.75 Å². The Labute approximate surface area is 140 Å². The lowest BCUT2D eigenvalue weighted by Gasteiger charge is -2.46. The van der Waals surface area contributed by atoms with Crippen LogP contribution in [-0.4, -0.2) is 59.6 Å². The van der Waals surface area contributed by atoms with Crippen LogP contribution in [0.25, 0.3) is 0 Å². The lowest BCUT2D eigenvalue weighted by Crippen LogP contribution is -2.54. The van der Waals surface area contributed by atoms with Crippen molar-refractivity contribution in [3.63, 3.8) is 0 Å². The molecule has 2 atom stereocenters. The minimum absolute atomic E-state index is 0.108. The zero-order valence-electron chi connectivity index (χ0n) is 13.4. The van der Waals surface area contributed by atoms with E-state index in [1.165, 1.54) is 18.2 Å². The van der Waals surface area contributed by atoms with Gasteiger partial charge in [0.25, 0.3) is 0 Å². The average molecular weight is 362 g/mol. The highest BCUT2D eigenvalue weighted by Gasteiger charge is 2.43. The van der Waals surface area contributed by atoms with Gasteiger partial charge in [-0.25, -0.2) is 4.79 Å². The summed E-state index contributed by atoms with van der Waals surface area (Å²) < 4.78 is 50.8. The number of aromatic carboxylic acids is 1. The van der Waals surface area contributed by atoms with E-state index in [2.05, 4.69) is 0 Å². The number of ether oxygens (including phenoxy) is 2. The van der Waals surface area contributed by atoms with Crippen LogP contribution < -0.4 is 10.2 Å². The van der Waals surface area contributed by atoms with Crippen LogP contribution in [-0.2, 0) is 11.3 Å². The zero-order valence-corrected chi connectivity index (χ0v) is 13.4. The van der Waals surface area contributed by atoms with Crippen molar-refractivity contribution >= 4 is 5.97 Å². The number of methoxy groups -OCH3 is 1. The molecule has 1 saturated heterocycles. The van der Waals surface area contributed by atoms with Gasteiger partial charge in [-0.15, -0.1) is 0 Å². The maximum absolute atomic E-state index is 12.9. The largest absolute Gasteiger partial charge is 0.491 e. The maximum atomic E-state index is 12.9. The lowest BCUT2D eigenvalue weighted by atomic mass is 9.96. The van der Waals surface area contributed by atoms with E-state index in [-0.39, 0.29) is 24.6 Å². The minimum Gasteiger partial charge on any atom is -0.491 e. The molecular formula is C15H17F3N2O5. The molecule has 0 saturated carbocycles. The van der Waals surface area contributed by atoms with E-state index in [1.807, 2.05) is 0 Å². The predicted octanol–water partition coefficient (Wildman–Crippen LogP) is 1.26. The van der Waals surface area contributed by atoms with Crippen molar-refractivity contribution in [2.24, 2.45) is 0 Å². The Bertz CT molecular complexity index is 746. The number of aromatic nitrogens is 1. The van der Waals surface area contributed by atoms with Gasteiger partial charge in [-0.1, -0.05) is 0 Å². The highest BCUT2D eigenvalue weighted by Crippen LogP contribution is 2.36. The summed E-state index contributed by atoms with van der Waals surface area (Å²) in [6.45, 7) is -0.869. The van der Waals surface area contributed by atoms with E-state index in [9.17, 15) is 27.9 Å². The molecule has 1 N–H and O–H groups in total. The second-order valence-electron chi connectivity index (χ2n) is 6.08. The molecule has 2 aliphatic rings. The Hall–Kier alpha value is -2.07. The van der Waals surface area contributed by atoms with Crippen molar-refractivity contribution in [1.29, 1.82) is 0 Å². The molecule has 0 aliphatic carbocycles. The van der Waals surface area contributed by atoms with Crippen molar-refractivity contribution in [3.05, 3.63) is 27.7 Å². The number of hydrogen-bond acceptors (Lipinski definition) is 5. The maximum Gasteiger partial charge on any atom is 0.401 e. The van der Waals surface area contributed by atoms with Crippen molar-refractivity contribution in [2.45, 2.75) is 31.2 Å². The third-order valence-corrected chi connectivity index (χ3v) is 4.58. The van der Waals surface area contributed by atoms with Gasteiger partial charge in [-0.3, -0.25) is 9.69 Å². The number of pyridine rings is 1. The highest BCUT2D eigenvalue weighted by atomic mass is 19.4. The second-order valence-corrected chi connectivity index (χ2v) is 6.08. The van der Waals surface area contributed by atoms with Crippen LogP contribution in [0.3, 0.4) is 0 Å². The molecular weight excluding hydrogens is 345 g/mol. The van der Waals surface area contributed by atoms with Crippen LogP contribution in [0.5, 0.6) is 5.75 Å². The molecule has 0 amide bonds. The minimum atomic E-state index is -4.40. The average Bonchev–Trinajstić information content (AvgIpc) is 2.53. The van der Waals surface area contributed by atoms with Gasteiger partial charge in [-0.05, 0) is 6.42 Å². The normalized spacial score (nSPS) is 23.7. The number of halogens is 3. The van der Waals surface area contributed by atoms with Gasteiger partial charge in [0.05, 0.1) is 38.0 Å². The summed E-state index contributed by atoms with van der Waals surface area (Å²) in [7, 11) is 1.20. The second kappa shape index (κ2) is 6.34. The van der Waals surface area contributed by atoms with E-state index in [4.69, 9.17) is 9.47 Å². The van der Waals surface area contributed by atoms with E-state index >= 15 is 0 Å². The molecule has 3 rings (SSSR count). The quantitative estimate of drug-likeness (QED) is 0.872. The molecule has 0 aromatic carbocycles. The summed E-state index contributed by atoms with van der Waals surface area (Å²) >= 11 is 0. The number of fused-ring (bicyclic) bond motifs is 3. The molecule has 7 nitrogen and oxygen atoms in total. The van der Waals surface area contributed by atoms with Crippen LogP contribution in [0.2, 0.25) is 0 Å². The monoisotopic (exact) mass is 362 g/mol. The molecule has 3 heterocycles. The molecule has 0 radical (unpaired) electrons. The van der Waals surface area contributed by atoms with E-state index in [1.54, 1.807) is 4.57 Å². The Balaban J connectivity index is 2.14. The first-order valence-corrected chi connectivity index (χ1v) is 7.66. The molecule has 138 valence electrons. The number of nitrogens with zero attached hydrogens (tertiary/aromatic N) is 2. The predicted molar refractivity (Wildman–Crippen MR) is 78.9 cm³/mol. The van der Waals surface area contributed by atoms with E-state index in [0.717, 1.165) is 0 Å². The molecule has 2 aliphatic heterocycles. The fourth-order valence-electron chi connectivity index (χ4n) is 3.56. The van der Waals surface area contributed by atoms with Gasteiger partial charge in [0.2, 0.25) is 5.43 Å². The molecule has 1 aromatic rings. The van der Waals surface area contributed by atoms with Crippen molar-refractivity contribution < 1.29 is 32.5 Å². The van der Waals surface area contributed by atoms with Gasteiger partial charge < -0.3 is 19.1 Å². The molecule has 0 unspecified atom stereocenters. The molecule has 0 spiro atoms. The fraction of sp³-hybridized carbons (Fsp3) is 0.600. The summed E-state index contributed by atoms with van der Waals surface area (Å²) in [6, 6.07) is -0.982. The van der Waals surface area contributed by atoms with Gasteiger partial charge in [0, 0.05) is 19.3 Å². The Morgan fingerprint density at radius 3 is 2.76 bits per heavy atom. The van der Waals surface area contributed by atoms with Crippen LogP contribution in [0.4, 0.5) is 13.2 Å². The number of carboxylic acid groups (broad SMARTS) is 1. The van der Waals surface area contributed by atoms with Gasteiger partial charge in [0.1, 0.15) is 5.56 Å². The first kappa shape index (κ1) is 17.7. The van der Waals surface area contributed by atoms with Gasteiger partial charge >= 0.3 is 12.1 Å². The van der Waals surface area contributed by atoms with Crippen molar-refractivity contribution in [2.75, 3.05) is 26.9 Å². The summed E-state index contributed by atoms with van der Waals surface area (Å²) in [5, 5.41) is 9.24. The first-order valence-electron chi connectivity index (χ1n) is 7.66. The highest BCUT2D eigenvalue weighted by molar-refractivity contribution is 5.87. The van der Waals surface area contributed by atoms with E-state index in [0.29, 0.717) is 13.0 Å². The zero-order chi connectivity index (χ0) is 18.4. The first-order chi connectivity index (χ1) is 11.7. The number of rotatable bonds is 3. The number of hydrogen-bond donors (Lipinski definition) is 1. The van der Waals surface area contributed by atoms with Crippen molar-refractivity contribution in [1.82, 2.24) is 9.47 Å². The molecule has 1 fully saturated rings. The standard InChI is InChI=1S/C15H17F3N2O5/c1-24-13-10-5-19(7-15(16,17)18)11-6-25-3-2-9(11)20(10)4-8(12(13)21)14(22)23/h4,9,11H,2-3,5-7H2,1H3,(H,22,23)/t9-,11+/m0/s1. The fourth-order valence-corrected chi connectivity index (χ4v) is 3.56. The summed E-state index contributed by atoms with van der Waals surface area (Å²) in [4.78, 5) is 24.8. The Morgan fingerprint density at radius 2 is 2.16 bits per heavy atom. The lowest BCUT2D eigenvalue weighted by molar-refractivity contribution is -0.165. The van der Waals surface area contributed by atoms with Crippen LogP contribution in [0.1, 0.15) is 28.5 Å². The van der Waals surface area contributed by atoms with Crippen molar-refractivity contribution in [3.8, 4) is 5.75 Å². The number of carbonyl (C=O) groups is 1. The third-order valence-electron chi connectivity index (χ3n) is 4.58. The summed E-state index contributed by atoms with van der Waals surface area (Å²) in [6.07, 6.45) is -2.79. The SMILES string of the molecule is COc1c2n(cc(C(=O)O)c1=O)[C@H]1CCOC[C@H]1N(CC(F)(F)F)C2. The smallest absolute Gasteiger partial charge is 0.401 e. The van der Waals surface area contributed by atoms with Crippen LogP contribution in [0, 0.1) is 0 Å². The van der Waals surface area contributed by atoms with E-state index < -0.39 is 41.8 Å². The topological polar surface area (TPSA) is 81.0 Å².